The number of carbonyl (C=O) groups is 1. The minimum Gasteiger partial charge on any atom is -0.480 e. The lowest BCUT2D eigenvalue weighted by molar-refractivity contribution is -0.145. The van der Waals surface area contributed by atoms with Gasteiger partial charge in [0.05, 0.1) is 0 Å². The van der Waals surface area contributed by atoms with Crippen molar-refractivity contribution in [3.8, 4) is 0 Å². The Morgan fingerprint density at radius 1 is 1.25 bits per heavy atom. The van der Waals surface area contributed by atoms with Crippen molar-refractivity contribution in [3.05, 3.63) is 35.4 Å². The van der Waals surface area contributed by atoms with Crippen LogP contribution in [0.5, 0.6) is 0 Å². The molecule has 2 rings (SSSR count). The summed E-state index contributed by atoms with van der Waals surface area (Å²) in [5, 5.41) is 12.5. The van der Waals surface area contributed by atoms with Gasteiger partial charge in [-0.1, -0.05) is 38.1 Å². The Kier molecular flexibility index (Phi) is 4.78. The summed E-state index contributed by atoms with van der Waals surface area (Å²) in [6.07, 6.45) is 0. The first-order valence-electron chi connectivity index (χ1n) is 7.30. The van der Waals surface area contributed by atoms with Gasteiger partial charge in [0, 0.05) is 25.7 Å². The van der Waals surface area contributed by atoms with E-state index in [1.54, 1.807) is 0 Å². The zero-order valence-electron chi connectivity index (χ0n) is 12.5. The number of hydrogen-bond donors (Lipinski definition) is 2. The van der Waals surface area contributed by atoms with Crippen LogP contribution >= 0.6 is 0 Å². The van der Waals surface area contributed by atoms with E-state index >= 15 is 0 Å². The summed E-state index contributed by atoms with van der Waals surface area (Å²) in [7, 11) is 0. The highest BCUT2D eigenvalue weighted by Crippen LogP contribution is 2.25. The Bertz CT molecular complexity index is 456. The Labute approximate surface area is 120 Å². The van der Waals surface area contributed by atoms with Crippen molar-refractivity contribution in [2.24, 2.45) is 0 Å². The molecule has 0 saturated carbocycles. The van der Waals surface area contributed by atoms with Gasteiger partial charge in [-0.3, -0.25) is 9.69 Å². The fourth-order valence-electron chi connectivity index (χ4n) is 2.76. The molecule has 1 heterocycles. The molecule has 0 aliphatic carbocycles. The number of carboxylic acids is 1. The highest BCUT2D eigenvalue weighted by molar-refractivity contribution is 5.74. The molecular weight excluding hydrogens is 252 g/mol. The molecule has 4 heteroatoms. The maximum atomic E-state index is 11.4. The zero-order chi connectivity index (χ0) is 14.7. The average molecular weight is 276 g/mol. The molecule has 0 bridgehead atoms. The summed E-state index contributed by atoms with van der Waals surface area (Å²) in [6.45, 7) is 8.57. The lowest BCUT2D eigenvalue weighted by atomic mass is 9.98. The topological polar surface area (TPSA) is 52.6 Å². The predicted octanol–water partition coefficient (Wildman–Crippen LogP) is 2.23. The monoisotopic (exact) mass is 276 g/mol. The number of piperazine rings is 1. The van der Waals surface area contributed by atoms with Crippen molar-refractivity contribution in [1.29, 1.82) is 0 Å². The number of rotatable bonds is 4. The number of nitrogens with one attached hydrogen (secondary N) is 1. The molecule has 1 aliphatic rings. The van der Waals surface area contributed by atoms with Gasteiger partial charge >= 0.3 is 5.97 Å². The van der Waals surface area contributed by atoms with Gasteiger partial charge in [-0.05, 0) is 24.0 Å². The van der Waals surface area contributed by atoms with E-state index in [0.717, 1.165) is 13.1 Å². The Morgan fingerprint density at radius 2 is 1.85 bits per heavy atom. The molecule has 1 fully saturated rings. The molecule has 2 unspecified atom stereocenters. The van der Waals surface area contributed by atoms with E-state index in [-0.39, 0.29) is 6.04 Å². The summed E-state index contributed by atoms with van der Waals surface area (Å²) < 4.78 is 0. The molecule has 20 heavy (non-hydrogen) atoms. The first kappa shape index (κ1) is 15.0. The van der Waals surface area contributed by atoms with E-state index in [1.807, 2.05) is 0 Å². The van der Waals surface area contributed by atoms with Crippen LogP contribution in [0.1, 0.15) is 43.9 Å². The Morgan fingerprint density at radius 3 is 2.40 bits per heavy atom. The molecular formula is C16H24N2O2. The molecule has 4 nitrogen and oxygen atoms in total. The van der Waals surface area contributed by atoms with Crippen LogP contribution in [0.25, 0.3) is 0 Å². The van der Waals surface area contributed by atoms with Gasteiger partial charge in [0.2, 0.25) is 0 Å². The smallest absolute Gasteiger partial charge is 0.322 e. The van der Waals surface area contributed by atoms with Gasteiger partial charge in [-0.15, -0.1) is 0 Å². The first-order valence-corrected chi connectivity index (χ1v) is 7.30. The minimum atomic E-state index is -0.747. The molecule has 1 aliphatic heterocycles. The first-order chi connectivity index (χ1) is 9.50. The molecule has 1 saturated heterocycles. The lowest BCUT2D eigenvalue weighted by Gasteiger charge is -2.38. The summed E-state index contributed by atoms with van der Waals surface area (Å²) >= 11 is 0. The highest BCUT2D eigenvalue weighted by atomic mass is 16.4. The quantitative estimate of drug-likeness (QED) is 0.885. The van der Waals surface area contributed by atoms with Gasteiger partial charge in [-0.2, -0.15) is 0 Å². The fraction of sp³-hybridized carbons (Fsp3) is 0.562. The minimum absolute atomic E-state index is 0.124. The van der Waals surface area contributed by atoms with E-state index < -0.39 is 12.0 Å². The van der Waals surface area contributed by atoms with E-state index in [4.69, 9.17) is 0 Å². The molecule has 0 amide bonds. The molecule has 0 radical (unpaired) electrons. The standard InChI is InChI=1S/C16H24N2O2/c1-11(2)13-4-6-14(7-5-13)12(3)18-9-8-17-10-15(18)16(19)20/h4-7,11-12,15,17H,8-10H2,1-3H3,(H,19,20). The van der Waals surface area contributed by atoms with Crippen molar-refractivity contribution >= 4 is 5.97 Å². The molecule has 2 N–H and O–H groups in total. The maximum absolute atomic E-state index is 11.4. The van der Waals surface area contributed by atoms with Crippen LogP contribution in [0, 0.1) is 0 Å². The summed E-state index contributed by atoms with van der Waals surface area (Å²) in [5.41, 5.74) is 2.50. The number of nitrogens with zero attached hydrogens (tertiary/aromatic N) is 1. The van der Waals surface area contributed by atoms with Crippen LogP contribution in [0.4, 0.5) is 0 Å². The van der Waals surface area contributed by atoms with Crippen LogP contribution in [0.15, 0.2) is 24.3 Å². The van der Waals surface area contributed by atoms with E-state index in [0.29, 0.717) is 12.5 Å². The summed E-state index contributed by atoms with van der Waals surface area (Å²) in [5.74, 6) is -0.229. The van der Waals surface area contributed by atoms with Gasteiger partial charge in [0.1, 0.15) is 6.04 Å². The van der Waals surface area contributed by atoms with Gasteiger partial charge in [0.15, 0.2) is 0 Å². The van der Waals surface area contributed by atoms with Crippen LogP contribution in [-0.4, -0.2) is 41.7 Å². The second-order valence-electron chi connectivity index (χ2n) is 5.79. The van der Waals surface area contributed by atoms with Crippen LogP contribution in [0.2, 0.25) is 0 Å². The fourth-order valence-corrected chi connectivity index (χ4v) is 2.76. The second-order valence-corrected chi connectivity index (χ2v) is 5.79. The van der Waals surface area contributed by atoms with E-state index in [9.17, 15) is 9.90 Å². The van der Waals surface area contributed by atoms with Crippen molar-refractivity contribution < 1.29 is 9.90 Å². The van der Waals surface area contributed by atoms with Crippen molar-refractivity contribution in [2.45, 2.75) is 38.8 Å². The van der Waals surface area contributed by atoms with E-state index in [1.165, 1.54) is 11.1 Å². The lowest BCUT2D eigenvalue weighted by Crippen LogP contribution is -2.55. The molecule has 2 atom stereocenters. The third kappa shape index (κ3) is 3.19. The number of carboxylic acid groups (broad SMARTS) is 1. The van der Waals surface area contributed by atoms with Crippen LogP contribution in [0.3, 0.4) is 0 Å². The normalized spacial score (nSPS) is 21.9. The predicted molar refractivity (Wildman–Crippen MR) is 79.9 cm³/mol. The van der Waals surface area contributed by atoms with Crippen LogP contribution < -0.4 is 5.32 Å². The maximum Gasteiger partial charge on any atom is 0.322 e. The average Bonchev–Trinajstić information content (AvgIpc) is 2.46. The SMILES string of the molecule is CC(C)c1ccc(C(C)N2CCNCC2C(=O)O)cc1. The van der Waals surface area contributed by atoms with Crippen molar-refractivity contribution in [2.75, 3.05) is 19.6 Å². The molecule has 0 spiro atoms. The molecule has 110 valence electrons. The second kappa shape index (κ2) is 6.37. The van der Waals surface area contributed by atoms with E-state index in [2.05, 4.69) is 55.3 Å². The van der Waals surface area contributed by atoms with Gasteiger partial charge in [0.25, 0.3) is 0 Å². The zero-order valence-corrected chi connectivity index (χ0v) is 12.5. The summed E-state index contributed by atoms with van der Waals surface area (Å²) in [4.78, 5) is 13.4. The van der Waals surface area contributed by atoms with Crippen LogP contribution in [-0.2, 0) is 4.79 Å². The Balaban J connectivity index is 2.16. The van der Waals surface area contributed by atoms with Crippen molar-refractivity contribution in [1.82, 2.24) is 10.2 Å². The Hall–Kier alpha value is -1.39. The summed E-state index contributed by atoms with van der Waals surface area (Å²) in [6, 6.07) is 8.23. The van der Waals surface area contributed by atoms with Gasteiger partial charge < -0.3 is 10.4 Å². The molecule has 1 aromatic rings. The number of benzene rings is 1. The third-order valence-electron chi connectivity index (χ3n) is 4.15. The number of aliphatic carboxylic acids is 1. The largest absolute Gasteiger partial charge is 0.480 e. The molecule has 0 aromatic heterocycles. The van der Waals surface area contributed by atoms with Crippen molar-refractivity contribution in [3.63, 3.8) is 0 Å². The van der Waals surface area contributed by atoms with Gasteiger partial charge in [-0.25, -0.2) is 0 Å². The third-order valence-corrected chi connectivity index (χ3v) is 4.15. The number of hydrogen-bond acceptors (Lipinski definition) is 3. The molecule has 1 aromatic carbocycles. The highest BCUT2D eigenvalue weighted by Gasteiger charge is 2.32.